The highest BCUT2D eigenvalue weighted by atomic mass is 79.9. The van der Waals surface area contributed by atoms with Crippen molar-refractivity contribution >= 4 is 39.3 Å². The number of aromatic amines is 1. The molecular weight excluding hydrogens is 376 g/mol. The van der Waals surface area contributed by atoms with E-state index < -0.39 is 11.8 Å². The lowest BCUT2D eigenvalue weighted by Gasteiger charge is -2.15. The van der Waals surface area contributed by atoms with Crippen molar-refractivity contribution in [2.24, 2.45) is 0 Å². The van der Waals surface area contributed by atoms with Crippen LogP contribution in [0.5, 0.6) is 0 Å². The van der Waals surface area contributed by atoms with Crippen LogP contribution in [0.25, 0.3) is 0 Å². The first-order chi connectivity index (χ1) is 11.5. The topological polar surface area (TPSA) is 94.3 Å². The Morgan fingerprint density at radius 1 is 1.12 bits per heavy atom. The summed E-state index contributed by atoms with van der Waals surface area (Å²) in [4.78, 5) is 40.1. The molecule has 1 fully saturated rings. The first kappa shape index (κ1) is 16.3. The molecule has 3 N–H and O–H groups in total. The first-order valence-corrected chi connectivity index (χ1v) is 8.19. The van der Waals surface area contributed by atoms with E-state index in [1.54, 1.807) is 41.4 Å². The van der Waals surface area contributed by atoms with E-state index in [1.807, 2.05) is 0 Å². The number of hydrogen-bond acceptors (Lipinski definition) is 3. The fourth-order valence-electron chi connectivity index (χ4n) is 2.47. The van der Waals surface area contributed by atoms with Crippen molar-refractivity contribution in [2.45, 2.75) is 12.8 Å². The van der Waals surface area contributed by atoms with Gasteiger partial charge < -0.3 is 9.88 Å². The summed E-state index contributed by atoms with van der Waals surface area (Å²) in [6, 6.07) is 8.29. The highest BCUT2D eigenvalue weighted by Gasteiger charge is 2.21. The van der Waals surface area contributed by atoms with Crippen molar-refractivity contribution in [3.63, 3.8) is 0 Å². The van der Waals surface area contributed by atoms with Gasteiger partial charge in [0.15, 0.2) is 0 Å². The normalized spacial score (nSPS) is 13.9. The van der Waals surface area contributed by atoms with E-state index in [2.05, 4.69) is 31.8 Å². The maximum atomic E-state index is 12.1. The number of nitrogens with one attached hydrogen (secondary N) is 3. The summed E-state index contributed by atoms with van der Waals surface area (Å²) in [5.41, 5.74) is 6.17. The Balaban J connectivity index is 1.59. The summed E-state index contributed by atoms with van der Waals surface area (Å²) < 4.78 is 0.742. The number of amides is 3. The Bertz CT molecular complexity index is 785. The molecule has 3 rings (SSSR count). The Hall–Kier alpha value is -2.61. The van der Waals surface area contributed by atoms with E-state index in [-0.39, 0.29) is 5.91 Å². The standard InChI is InChI=1S/C16H15BrN4O3/c17-11-8-13(18-9-11)16(24)20-19-15(23)10-3-5-12(6-4-10)21-7-1-2-14(21)22/h3-6,8-9,18H,1-2,7H2,(H,19,23)(H,20,24). The number of H-pyrrole nitrogens is 1. The molecule has 7 nitrogen and oxygen atoms in total. The number of benzene rings is 1. The maximum Gasteiger partial charge on any atom is 0.286 e. The van der Waals surface area contributed by atoms with E-state index in [1.165, 1.54) is 0 Å². The monoisotopic (exact) mass is 390 g/mol. The Morgan fingerprint density at radius 2 is 1.83 bits per heavy atom. The highest BCUT2D eigenvalue weighted by Crippen LogP contribution is 2.21. The number of rotatable bonds is 3. The van der Waals surface area contributed by atoms with Crippen LogP contribution in [0.3, 0.4) is 0 Å². The summed E-state index contributed by atoms with van der Waals surface area (Å²) in [6.45, 7) is 0.701. The summed E-state index contributed by atoms with van der Waals surface area (Å²) in [7, 11) is 0. The van der Waals surface area contributed by atoms with Crippen LogP contribution in [-0.4, -0.2) is 29.3 Å². The van der Waals surface area contributed by atoms with Crippen molar-refractivity contribution in [1.82, 2.24) is 15.8 Å². The van der Waals surface area contributed by atoms with Crippen molar-refractivity contribution in [3.05, 3.63) is 52.3 Å². The summed E-state index contributed by atoms with van der Waals surface area (Å²) in [5, 5.41) is 0. The molecule has 2 aromatic rings. The number of carbonyl (C=O) groups excluding carboxylic acids is 3. The van der Waals surface area contributed by atoms with Gasteiger partial charge in [0.2, 0.25) is 5.91 Å². The Morgan fingerprint density at radius 3 is 2.42 bits per heavy atom. The van der Waals surface area contributed by atoms with Gasteiger partial charge in [0.1, 0.15) is 5.69 Å². The van der Waals surface area contributed by atoms with Gasteiger partial charge in [0, 0.05) is 34.9 Å². The molecule has 1 aliphatic rings. The third kappa shape index (κ3) is 3.48. The Labute approximate surface area is 146 Å². The second-order valence-corrected chi connectivity index (χ2v) is 6.25. The second-order valence-electron chi connectivity index (χ2n) is 5.34. The molecule has 1 saturated heterocycles. The molecule has 0 unspecified atom stereocenters. The molecule has 124 valence electrons. The summed E-state index contributed by atoms with van der Waals surface area (Å²) in [5.74, 6) is -0.793. The number of aromatic nitrogens is 1. The zero-order valence-corrected chi connectivity index (χ0v) is 14.2. The van der Waals surface area contributed by atoms with Crippen LogP contribution in [-0.2, 0) is 4.79 Å². The first-order valence-electron chi connectivity index (χ1n) is 7.39. The number of anilines is 1. The van der Waals surface area contributed by atoms with Gasteiger partial charge in [-0.25, -0.2) is 0 Å². The number of halogens is 1. The molecule has 1 aromatic heterocycles. The molecule has 0 saturated carbocycles. The van der Waals surface area contributed by atoms with Crippen molar-refractivity contribution in [1.29, 1.82) is 0 Å². The molecule has 0 aliphatic carbocycles. The van der Waals surface area contributed by atoms with E-state index in [0.717, 1.165) is 16.6 Å². The predicted octanol–water partition coefficient (Wildman–Crippen LogP) is 1.98. The summed E-state index contributed by atoms with van der Waals surface area (Å²) >= 11 is 3.23. The molecule has 0 atom stereocenters. The molecule has 8 heteroatoms. The van der Waals surface area contributed by atoms with E-state index in [0.29, 0.717) is 24.2 Å². The average Bonchev–Trinajstić information content (AvgIpc) is 3.21. The van der Waals surface area contributed by atoms with Crippen LogP contribution in [0, 0.1) is 0 Å². The SMILES string of the molecule is O=C(NNC(=O)c1cc(Br)c[nH]1)c1ccc(N2CCCC2=O)cc1. The van der Waals surface area contributed by atoms with Gasteiger partial charge >= 0.3 is 0 Å². The van der Waals surface area contributed by atoms with E-state index >= 15 is 0 Å². The van der Waals surface area contributed by atoms with E-state index in [9.17, 15) is 14.4 Å². The second kappa shape index (κ2) is 6.88. The van der Waals surface area contributed by atoms with Gasteiger partial charge in [-0.15, -0.1) is 0 Å². The highest BCUT2D eigenvalue weighted by molar-refractivity contribution is 9.10. The van der Waals surface area contributed by atoms with Crippen molar-refractivity contribution < 1.29 is 14.4 Å². The average molecular weight is 391 g/mol. The molecule has 1 aliphatic heterocycles. The lowest BCUT2D eigenvalue weighted by Crippen LogP contribution is -2.41. The quantitative estimate of drug-likeness (QED) is 0.699. The molecule has 0 radical (unpaired) electrons. The molecule has 0 bridgehead atoms. The molecule has 2 heterocycles. The molecule has 24 heavy (non-hydrogen) atoms. The fraction of sp³-hybridized carbons (Fsp3) is 0.188. The lowest BCUT2D eigenvalue weighted by molar-refractivity contribution is -0.117. The van der Waals surface area contributed by atoms with Gasteiger partial charge in [-0.05, 0) is 52.7 Å². The minimum Gasteiger partial charge on any atom is -0.356 e. The molecular formula is C16H15BrN4O3. The molecule has 1 aromatic carbocycles. The largest absolute Gasteiger partial charge is 0.356 e. The number of nitrogens with zero attached hydrogens (tertiary/aromatic N) is 1. The maximum absolute atomic E-state index is 12.1. The zero-order valence-electron chi connectivity index (χ0n) is 12.6. The van der Waals surface area contributed by atoms with Crippen molar-refractivity contribution in [2.75, 3.05) is 11.4 Å². The molecule has 0 spiro atoms. The van der Waals surface area contributed by atoms with Crippen LogP contribution in [0.4, 0.5) is 5.69 Å². The van der Waals surface area contributed by atoms with Crippen molar-refractivity contribution in [3.8, 4) is 0 Å². The number of hydrogen-bond donors (Lipinski definition) is 3. The fourth-order valence-corrected chi connectivity index (χ4v) is 2.81. The van der Waals surface area contributed by atoms with Gasteiger partial charge in [0.25, 0.3) is 11.8 Å². The van der Waals surface area contributed by atoms with Gasteiger partial charge in [-0.2, -0.15) is 0 Å². The van der Waals surface area contributed by atoms with Crippen LogP contribution in [0.1, 0.15) is 33.7 Å². The van der Waals surface area contributed by atoms with Crippen LogP contribution in [0.15, 0.2) is 41.0 Å². The third-order valence-corrected chi connectivity index (χ3v) is 4.15. The van der Waals surface area contributed by atoms with Gasteiger partial charge in [-0.3, -0.25) is 25.2 Å². The Kier molecular flexibility index (Phi) is 4.66. The molecule has 3 amide bonds. The zero-order chi connectivity index (χ0) is 17.1. The smallest absolute Gasteiger partial charge is 0.286 e. The minimum atomic E-state index is -0.451. The minimum absolute atomic E-state index is 0.0940. The number of carbonyl (C=O) groups is 3. The lowest BCUT2D eigenvalue weighted by atomic mass is 10.2. The third-order valence-electron chi connectivity index (χ3n) is 3.70. The van der Waals surface area contributed by atoms with E-state index in [4.69, 9.17) is 0 Å². The van der Waals surface area contributed by atoms with Crippen LogP contribution >= 0.6 is 15.9 Å². The number of hydrazine groups is 1. The van der Waals surface area contributed by atoms with Gasteiger partial charge in [-0.1, -0.05) is 0 Å². The van der Waals surface area contributed by atoms with Gasteiger partial charge in [0.05, 0.1) is 0 Å². The van der Waals surface area contributed by atoms with Crippen LogP contribution < -0.4 is 15.8 Å². The summed E-state index contributed by atoms with van der Waals surface area (Å²) in [6.07, 6.45) is 3.03. The van der Waals surface area contributed by atoms with Crippen LogP contribution in [0.2, 0.25) is 0 Å². The predicted molar refractivity (Wildman–Crippen MR) is 91.5 cm³/mol.